The average molecular weight is 627 g/mol. The van der Waals surface area contributed by atoms with Crippen molar-refractivity contribution in [2.75, 3.05) is 0 Å². The van der Waals surface area contributed by atoms with Crippen LogP contribution < -0.4 is 5.56 Å². The highest BCUT2D eigenvalue weighted by atomic mass is 16.1. The van der Waals surface area contributed by atoms with E-state index in [9.17, 15) is 4.79 Å². The molecular formula is C46H30N2O. The predicted molar refractivity (Wildman–Crippen MR) is 205 cm³/mol. The van der Waals surface area contributed by atoms with Crippen molar-refractivity contribution in [3.05, 3.63) is 167 Å². The maximum atomic E-state index is 14.1. The third kappa shape index (κ3) is 3.34. The highest BCUT2D eigenvalue weighted by Crippen LogP contribution is 2.53. The summed E-state index contributed by atoms with van der Waals surface area (Å²) in [6.45, 7) is 4.70. The number of rotatable bonds is 2. The van der Waals surface area contributed by atoms with Crippen molar-refractivity contribution in [3.8, 4) is 27.9 Å². The van der Waals surface area contributed by atoms with Gasteiger partial charge < -0.3 is 4.57 Å². The maximum absolute atomic E-state index is 14.1. The molecule has 10 aromatic rings. The van der Waals surface area contributed by atoms with E-state index in [1.807, 2.05) is 22.6 Å². The van der Waals surface area contributed by atoms with Crippen LogP contribution in [0.25, 0.3) is 87.7 Å². The Labute approximate surface area is 282 Å². The van der Waals surface area contributed by atoms with Crippen LogP contribution in [0.2, 0.25) is 0 Å². The van der Waals surface area contributed by atoms with Crippen LogP contribution in [0.1, 0.15) is 25.0 Å². The van der Waals surface area contributed by atoms with Gasteiger partial charge in [-0.05, 0) is 75.2 Å². The minimum Gasteiger partial charge on any atom is -0.309 e. The van der Waals surface area contributed by atoms with E-state index in [0.29, 0.717) is 0 Å². The fourth-order valence-corrected chi connectivity index (χ4v) is 9.04. The van der Waals surface area contributed by atoms with Crippen molar-refractivity contribution < 1.29 is 0 Å². The van der Waals surface area contributed by atoms with E-state index < -0.39 is 0 Å². The molecule has 230 valence electrons. The molecule has 3 aromatic heterocycles. The Bertz CT molecular complexity index is 3050. The highest BCUT2D eigenvalue weighted by Gasteiger charge is 2.37. The van der Waals surface area contributed by atoms with Crippen molar-refractivity contribution in [1.82, 2.24) is 8.97 Å². The van der Waals surface area contributed by atoms with Crippen LogP contribution in [-0.2, 0) is 5.41 Å². The van der Waals surface area contributed by atoms with Crippen molar-refractivity contribution >= 4 is 59.8 Å². The van der Waals surface area contributed by atoms with Gasteiger partial charge in [-0.15, -0.1) is 0 Å². The zero-order chi connectivity index (χ0) is 32.6. The normalized spacial score (nSPS) is 13.8. The highest BCUT2D eigenvalue weighted by molar-refractivity contribution is 6.20. The molecule has 0 saturated carbocycles. The van der Waals surface area contributed by atoms with Gasteiger partial charge in [0.25, 0.3) is 5.56 Å². The van der Waals surface area contributed by atoms with Gasteiger partial charge in [0.05, 0.1) is 22.1 Å². The summed E-state index contributed by atoms with van der Waals surface area (Å²) >= 11 is 0. The van der Waals surface area contributed by atoms with Crippen LogP contribution >= 0.6 is 0 Å². The smallest absolute Gasteiger partial charge is 0.263 e. The lowest BCUT2D eigenvalue weighted by atomic mass is 9.82. The molecule has 11 rings (SSSR count). The third-order valence-electron chi connectivity index (χ3n) is 11.3. The molecule has 0 radical (unpaired) electrons. The van der Waals surface area contributed by atoms with Crippen molar-refractivity contribution in [3.63, 3.8) is 0 Å². The number of para-hydroxylation sites is 3. The van der Waals surface area contributed by atoms with Crippen LogP contribution in [0, 0.1) is 0 Å². The molecule has 3 heteroatoms. The first kappa shape index (κ1) is 26.8. The molecular weight excluding hydrogens is 597 g/mol. The van der Waals surface area contributed by atoms with Gasteiger partial charge in [-0.1, -0.05) is 123 Å². The summed E-state index contributed by atoms with van der Waals surface area (Å²) in [5.74, 6) is 0. The first-order valence-electron chi connectivity index (χ1n) is 17.0. The quantitative estimate of drug-likeness (QED) is 0.175. The summed E-state index contributed by atoms with van der Waals surface area (Å²) < 4.78 is 4.36. The molecule has 3 heterocycles. The van der Waals surface area contributed by atoms with Crippen LogP contribution in [-0.4, -0.2) is 8.97 Å². The zero-order valence-electron chi connectivity index (χ0n) is 27.2. The number of aromatic nitrogens is 2. The summed E-state index contributed by atoms with van der Waals surface area (Å²) in [4.78, 5) is 14.1. The fourth-order valence-electron chi connectivity index (χ4n) is 9.04. The molecule has 49 heavy (non-hydrogen) atoms. The summed E-state index contributed by atoms with van der Waals surface area (Å²) in [7, 11) is 0. The minimum atomic E-state index is -0.191. The molecule has 1 aliphatic rings. The number of fused-ring (bicyclic) bond motifs is 11. The number of hydrogen-bond acceptors (Lipinski definition) is 1. The van der Waals surface area contributed by atoms with Crippen molar-refractivity contribution in [1.29, 1.82) is 0 Å². The topological polar surface area (TPSA) is 26.4 Å². The Morgan fingerprint density at radius 3 is 1.84 bits per heavy atom. The molecule has 0 amide bonds. The number of hydrogen-bond donors (Lipinski definition) is 0. The molecule has 1 aliphatic carbocycles. The van der Waals surface area contributed by atoms with Gasteiger partial charge in [-0.3, -0.25) is 9.20 Å². The second-order valence-electron chi connectivity index (χ2n) is 14.1. The summed E-state index contributed by atoms with van der Waals surface area (Å²) in [6, 6.07) is 52.2. The van der Waals surface area contributed by atoms with E-state index in [-0.39, 0.29) is 11.0 Å². The summed E-state index contributed by atoms with van der Waals surface area (Å²) in [5, 5.41) is 7.63. The number of benzene rings is 7. The molecule has 0 atom stereocenters. The van der Waals surface area contributed by atoms with Gasteiger partial charge in [0.2, 0.25) is 0 Å². The maximum Gasteiger partial charge on any atom is 0.263 e. The van der Waals surface area contributed by atoms with E-state index in [1.165, 1.54) is 55.3 Å². The van der Waals surface area contributed by atoms with E-state index in [1.54, 1.807) is 0 Å². The Morgan fingerprint density at radius 1 is 0.469 bits per heavy atom. The molecule has 0 unspecified atom stereocenters. The third-order valence-corrected chi connectivity index (χ3v) is 11.3. The van der Waals surface area contributed by atoms with Crippen LogP contribution in [0.4, 0.5) is 0 Å². The lowest BCUT2D eigenvalue weighted by molar-refractivity contribution is 0.660. The predicted octanol–water partition coefficient (Wildman–Crippen LogP) is 11.3. The standard InChI is InChI=1S/C46H30N2O/c1-46(2)38-18-10-15-29(27-21-23-33-35-17-9-16-34-30-11-3-4-14-36(30)45(49)48(44(34)35)42(33)25-27)43(38)37-24-22-28(26-39(37)46)47-40-19-7-5-12-31(40)32-13-6-8-20-41(32)47/h3-26H,1-2H3. The summed E-state index contributed by atoms with van der Waals surface area (Å²) in [5.41, 5.74) is 12.9. The van der Waals surface area contributed by atoms with Gasteiger partial charge in [0.15, 0.2) is 0 Å². The van der Waals surface area contributed by atoms with Gasteiger partial charge in [0.1, 0.15) is 0 Å². The van der Waals surface area contributed by atoms with Gasteiger partial charge in [-0.2, -0.15) is 0 Å². The zero-order valence-corrected chi connectivity index (χ0v) is 27.2. The monoisotopic (exact) mass is 626 g/mol. The molecule has 0 spiro atoms. The molecule has 0 N–H and O–H groups in total. The van der Waals surface area contributed by atoms with Crippen molar-refractivity contribution in [2.24, 2.45) is 0 Å². The van der Waals surface area contributed by atoms with Crippen LogP contribution in [0.15, 0.2) is 150 Å². The minimum absolute atomic E-state index is 0.0359. The molecule has 3 nitrogen and oxygen atoms in total. The Kier molecular flexibility index (Phi) is 5.06. The molecule has 0 aliphatic heterocycles. The molecule has 7 aromatic carbocycles. The molecule has 0 fully saturated rings. The van der Waals surface area contributed by atoms with E-state index in [2.05, 4.69) is 146 Å². The van der Waals surface area contributed by atoms with Crippen LogP contribution in [0.5, 0.6) is 0 Å². The van der Waals surface area contributed by atoms with E-state index in [0.717, 1.165) is 43.5 Å². The molecule has 0 bridgehead atoms. The Balaban J connectivity index is 1.15. The lowest BCUT2D eigenvalue weighted by Crippen LogP contribution is -2.15. The lowest BCUT2D eigenvalue weighted by Gasteiger charge is -2.22. The van der Waals surface area contributed by atoms with Gasteiger partial charge >= 0.3 is 0 Å². The summed E-state index contributed by atoms with van der Waals surface area (Å²) in [6.07, 6.45) is 0. The van der Waals surface area contributed by atoms with Crippen molar-refractivity contribution in [2.45, 2.75) is 19.3 Å². The van der Waals surface area contributed by atoms with Gasteiger partial charge in [0, 0.05) is 43.4 Å². The van der Waals surface area contributed by atoms with E-state index in [4.69, 9.17) is 0 Å². The Hall–Kier alpha value is -6.19. The van der Waals surface area contributed by atoms with Gasteiger partial charge in [-0.25, -0.2) is 0 Å². The largest absolute Gasteiger partial charge is 0.309 e. The van der Waals surface area contributed by atoms with E-state index >= 15 is 0 Å². The fraction of sp³-hybridized carbons (Fsp3) is 0.0652. The number of pyridine rings is 1. The SMILES string of the molecule is CC1(C)c2cc(-n3c4ccccc4c4ccccc43)ccc2-c2c(-c3ccc4c5cccc6c7ccccc7c(=O)n(c4c3)c65)cccc21. The van der Waals surface area contributed by atoms with Crippen LogP contribution in [0.3, 0.4) is 0 Å². The molecule has 0 saturated heterocycles. The first-order valence-corrected chi connectivity index (χ1v) is 17.0. The first-order chi connectivity index (χ1) is 24.0. The Morgan fingerprint density at radius 2 is 1.08 bits per heavy atom. The second kappa shape index (κ2) is 9.24. The second-order valence-corrected chi connectivity index (χ2v) is 14.1. The number of nitrogens with zero attached hydrogens (tertiary/aromatic N) is 2. The average Bonchev–Trinajstić information content (AvgIpc) is 3.74.